The summed E-state index contributed by atoms with van der Waals surface area (Å²) in [5.74, 6) is 2.15. The summed E-state index contributed by atoms with van der Waals surface area (Å²) in [6.07, 6.45) is 0.963. The van der Waals surface area contributed by atoms with Crippen molar-refractivity contribution in [2.45, 2.75) is 33.3 Å². The van der Waals surface area contributed by atoms with E-state index in [1.54, 1.807) is 0 Å². The van der Waals surface area contributed by atoms with E-state index in [2.05, 4.69) is 10.3 Å². The lowest BCUT2D eigenvalue weighted by Crippen LogP contribution is -2.23. The van der Waals surface area contributed by atoms with E-state index in [9.17, 15) is 0 Å². The van der Waals surface area contributed by atoms with E-state index in [-0.39, 0.29) is 30.1 Å². The van der Waals surface area contributed by atoms with Gasteiger partial charge in [0.05, 0.1) is 12.7 Å². The highest BCUT2D eigenvalue weighted by Crippen LogP contribution is 2.17. The Morgan fingerprint density at radius 3 is 2.46 bits per heavy atom. The first-order valence-electron chi connectivity index (χ1n) is 8.56. The van der Waals surface area contributed by atoms with E-state index >= 15 is 0 Å². The number of aliphatic imine (C=N–C) groups is 1. The van der Waals surface area contributed by atoms with Gasteiger partial charge in [0, 0.05) is 18.7 Å². The van der Waals surface area contributed by atoms with Crippen LogP contribution in [0.1, 0.15) is 25.8 Å². The molecule has 0 aliphatic rings. The van der Waals surface area contributed by atoms with Gasteiger partial charge in [0.15, 0.2) is 5.96 Å². The second-order valence-electron chi connectivity index (χ2n) is 6.05. The zero-order chi connectivity index (χ0) is 18.1. The highest BCUT2D eigenvalue weighted by molar-refractivity contribution is 14.0. The van der Waals surface area contributed by atoms with Crippen LogP contribution in [-0.4, -0.2) is 25.2 Å². The number of anilines is 1. The van der Waals surface area contributed by atoms with Crippen molar-refractivity contribution in [1.29, 1.82) is 0 Å². The monoisotopic (exact) mass is 469 g/mol. The molecule has 0 bridgehead atoms. The summed E-state index contributed by atoms with van der Waals surface area (Å²) in [4.78, 5) is 4.32. The van der Waals surface area contributed by atoms with Gasteiger partial charge in [-0.15, -0.1) is 24.0 Å². The van der Waals surface area contributed by atoms with Crippen LogP contribution in [0.3, 0.4) is 0 Å². The Kier molecular flexibility index (Phi) is 9.87. The van der Waals surface area contributed by atoms with Crippen molar-refractivity contribution < 1.29 is 9.47 Å². The molecule has 0 unspecified atom stereocenters. The third kappa shape index (κ3) is 7.95. The van der Waals surface area contributed by atoms with Crippen molar-refractivity contribution in [2.24, 2.45) is 10.7 Å². The average molecular weight is 469 g/mol. The van der Waals surface area contributed by atoms with Crippen molar-refractivity contribution in [3.63, 3.8) is 0 Å². The van der Waals surface area contributed by atoms with Gasteiger partial charge in [-0.25, -0.2) is 0 Å². The molecule has 3 N–H and O–H groups in total. The van der Waals surface area contributed by atoms with Crippen molar-refractivity contribution in [1.82, 2.24) is 0 Å². The number of rotatable bonds is 8. The second kappa shape index (κ2) is 11.6. The van der Waals surface area contributed by atoms with E-state index in [1.165, 1.54) is 0 Å². The summed E-state index contributed by atoms with van der Waals surface area (Å²) < 4.78 is 11.3. The molecule has 0 heterocycles. The van der Waals surface area contributed by atoms with Crippen molar-refractivity contribution in [3.8, 4) is 11.5 Å². The summed E-state index contributed by atoms with van der Waals surface area (Å²) >= 11 is 0. The summed E-state index contributed by atoms with van der Waals surface area (Å²) in [6.45, 7) is 7.26. The normalized spacial score (nSPS) is 11.0. The maximum Gasteiger partial charge on any atom is 0.193 e. The first-order chi connectivity index (χ1) is 12.0. The lowest BCUT2D eigenvalue weighted by molar-refractivity contribution is 0.242. The van der Waals surface area contributed by atoms with E-state index < -0.39 is 0 Å². The van der Waals surface area contributed by atoms with Gasteiger partial charge in [0.1, 0.15) is 11.5 Å². The van der Waals surface area contributed by atoms with Crippen LogP contribution in [0.4, 0.5) is 5.69 Å². The zero-order valence-corrected chi connectivity index (χ0v) is 17.9. The number of benzene rings is 2. The Morgan fingerprint density at radius 1 is 1.12 bits per heavy atom. The zero-order valence-electron chi connectivity index (χ0n) is 15.6. The minimum absolute atomic E-state index is 0. The Bertz CT molecular complexity index is 688. The molecule has 5 nitrogen and oxygen atoms in total. The molecule has 0 atom stereocenters. The Balaban J connectivity index is 0.00000338. The van der Waals surface area contributed by atoms with Crippen LogP contribution >= 0.6 is 24.0 Å². The first kappa shape index (κ1) is 22.1. The Labute approximate surface area is 173 Å². The van der Waals surface area contributed by atoms with Gasteiger partial charge in [0.2, 0.25) is 0 Å². The second-order valence-corrected chi connectivity index (χ2v) is 6.05. The minimum Gasteiger partial charge on any atom is -0.493 e. The summed E-state index contributed by atoms with van der Waals surface area (Å²) in [5.41, 5.74) is 7.93. The highest BCUT2D eigenvalue weighted by atomic mass is 127. The van der Waals surface area contributed by atoms with Crippen molar-refractivity contribution in [3.05, 3.63) is 54.1 Å². The molecule has 2 aromatic carbocycles. The largest absolute Gasteiger partial charge is 0.493 e. The number of ether oxygens (including phenoxy) is 2. The van der Waals surface area contributed by atoms with Crippen LogP contribution in [0.5, 0.6) is 11.5 Å². The van der Waals surface area contributed by atoms with Gasteiger partial charge >= 0.3 is 0 Å². The van der Waals surface area contributed by atoms with Gasteiger partial charge in [-0.2, -0.15) is 0 Å². The maximum atomic E-state index is 5.91. The third-order valence-electron chi connectivity index (χ3n) is 3.43. The topological polar surface area (TPSA) is 68.9 Å². The maximum absolute atomic E-state index is 5.91. The van der Waals surface area contributed by atoms with Crippen molar-refractivity contribution in [2.75, 3.05) is 18.5 Å². The molecule has 0 fully saturated rings. The Hall–Kier alpha value is -1.96. The molecule has 0 saturated carbocycles. The molecular weight excluding hydrogens is 441 g/mol. The summed E-state index contributed by atoms with van der Waals surface area (Å²) in [6, 6.07) is 15.6. The fraction of sp³-hybridized carbons (Fsp3) is 0.350. The number of nitrogens with one attached hydrogen (secondary N) is 1. The molecule has 0 saturated heterocycles. The van der Waals surface area contributed by atoms with E-state index in [0.717, 1.165) is 29.2 Å². The van der Waals surface area contributed by atoms with Crippen LogP contribution in [0.15, 0.2) is 53.5 Å². The number of nitrogens with zero attached hydrogens (tertiary/aromatic N) is 1. The predicted octanol–water partition coefficient (Wildman–Crippen LogP) is 4.60. The summed E-state index contributed by atoms with van der Waals surface area (Å²) in [5, 5.41) is 3.07. The SMILES string of the molecule is Cc1ccccc1OCCCN=C(N)Nc1ccc(OC(C)C)cc1.I. The van der Waals surface area contributed by atoms with Gasteiger partial charge in [0.25, 0.3) is 0 Å². The standard InChI is InChI=1S/C20H27N3O2.HI/c1-15(2)25-18-11-9-17(10-12-18)23-20(21)22-13-6-14-24-19-8-5-4-7-16(19)3;/h4-5,7-12,15H,6,13-14H2,1-3H3,(H3,21,22,23);1H. The number of guanidine groups is 1. The van der Waals surface area contributed by atoms with Gasteiger partial charge in [-0.3, -0.25) is 4.99 Å². The lowest BCUT2D eigenvalue weighted by Gasteiger charge is -2.11. The summed E-state index contributed by atoms with van der Waals surface area (Å²) in [7, 11) is 0. The van der Waals surface area contributed by atoms with Gasteiger partial charge in [-0.05, 0) is 56.7 Å². The molecule has 26 heavy (non-hydrogen) atoms. The molecule has 0 aromatic heterocycles. The molecule has 6 heteroatoms. The molecule has 0 aliphatic carbocycles. The van der Waals surface area contributed by atoms with Crippen LogP contribution in [-0.2, 0) is 0 Å². The quantitative estimate of drug-likeness (QED) is 0.257. The molecule has 0 spiro atoms. The number of hydrogen-bond acceptors (Lipinski definition) is 3. The number of halogens is 1. The fourth-order valence-electron chi connectivity index (χ4n) is 2.24. The molecular formula is C20H28IN3O2. The van der Waals surface area contributed by atoms with Crippen LogP contribution in [0.25, 0.3) is 0 Å². The van der Waals surface area contributed by atoms with E-state index in [4.69, 9.17) is 15.2 Å². The molecule has 2 rings (SSSR count). The lowest BCUT2D eigenvalue weighted by atomic mass is 10.2. The predicted molar refractivity (Wildman–Crippen MR) is 119 cm³/mol. The van der Waals surface area contributed by atoms with Crippen LogP contribution in [0, 0.1) is 6.92 Å². The number of para-hydroxylation sites is 1. The molecule has 0 aliphatic heterocycles. The average Bonchev–Trinajstić information content (AvgIpc) is 2.57. The first-order valence-corrected chi connectivity index (χ1v) is 8.56. The third-order valence-corrected chi connectivity index (χ3v) is 3.43. The molecule has 2 aromatic rings. The van der Waals surface area contributed by atoms with Gasteiger partial charge < -0.3 is 20.5 Å². The molecule has 142 valence electrons. The fourth-order valence-corrected chi connectivity index (χ4v) is 2.24. The molecule has 0 radical (unpaired) electrons. The highest BCUT2D eigenvalue weighted by Gasteiger charge is 2.00. The minimum atomic E-state index is 0. The number of nitrogens with two attached hydrogens (primary N) is 1. The molecule has 0 amide bonds. The van der Waals surface area contributed by atoms with E-state index in [1.807, 2.05) is 69.3 Å². The Morgan fingerprint density at radius 2 is 1.81 bits per heavy atom. The van der Waals surface area contributed by atoms with Gasteiger partial charge in [-0.1, -0.05) is 18.2 Å². The number of aryl methyl sites for hydroxylation is 1. The van der Waals surface area contributed by atoms with Crippen LogP contribution in [0.2, 0.25) is 0 Å². The van der Waals surface area contributed by atoms with Crippen molar-refractivity contribution >= 4 is 35.6 Å². The smallest absolute Gasteiger partial charge is 0.193 e. The van der Waals surface area contributed by atoms with E-state index in [0.29, 0.717) is 19.1 Å². The van der Waals surface area contributed by atoms with Crippen LogP contribution < -0.4 is 20.5 Å². The number of hydrogen-bond donors (Lipinski definition) is 2.